The van der Waals surface area contributed by atoms with E-state index in [1.165, 1.54) is 4.68 Å². The number of esters is 1. The molecule has 1 aromatic heterocycles. The molecule has 0 saturated carbocycles. The molecule has 0 aromatic carbocycles. The summed E-state index contributed by atoms with van der Waals surface area (Å²) < 4.78 is 6.40. The number of hydrogen-bond acceptors (Lipinski definition) is 5. The van der Waals surface area contributed by atoms with Gasteiger partial charge in [0.25, 0.3) is 5.82 Å². The molecule has 0 saturated heterocycles. The summed E-state index contributed by atoms with van der Waals surface area (Å²) in [4.78, 5) is 11.5. The number of carbonyl (C=O) groups excluding carboxylic acids is 1. The Hall–Kier alpha value is -1.46. The summed E-state index contributed by atoms with van der Waals surface area (Å²) in [5.74, 6) is 0.212. The molecule has 6 nitrogen and oxygen atoms in total. The van der Waals surface area contributed by atoms with Crippen molar-refractivity contribution in [3.63, 3.8) is 0 Å². The highest BCUT2D eigenvalue weighted by Gasteiger charge is 2.18. The third kappa shape index (κ3) is 3.01. The second kappa shape index (κ2) is 6.19. The molecule has 16 heavy (non-hydrogen) atoms. The van der Waals surface area contributed by atoms with Crippen molar-refractivity contribution >= 4 is 5.97 Å². The molecule has 0 fully saturated rings. The molecule has 0 bridgehead atoms. The molecule has 6 heteroatoms. The minimum Gasteiger partial charge on any atom is -0.460 e. The molecular weight excluding hydrogens is 208 g/mol. The van der Waals surface area contributed by atoms with Gasteiger partial charge in [0.2, 0.25) is 0 Å². The Morgan fingerprint density at radius 1 is 1.38 bits per heavy atom. The van der Waals surface area contributed by atoms with E-state index in [-0.39, 0.29) is 5.82 Å². The average molecular weight is 226 g/mol. The fourth-order valence-corrected chi connectivity index (χ4v) is 1.46. The molecule has 90 valence electrons. The highest BCUT2D eigenvalue weighted by molar-refractivity contribution is 5.85. The molecule has 0 radical (unpaired) electrons. The Balaban J connectivity index is 2.73. The predicted molar refractivity (Wildman–Crippen MR) is 57.8 cm³/mol. The van der Waals surface area contributed by atoms with E-state index in [9.17, 15) is 4.79 Å². The van der Waals surface area contributed by atoms with Crippen molar-refractivity contribution in [2.45, 2.75) is 40.2 Å². The Morgan fingerprint density at radius 3 is 2.62 bits per heavy atom. The number of aromatic nitrogens is 4. The highest BCUT2D eigenvalue weighted by Crippen LogP contribution is 2.10. The number of tetrazole rings is 1. The molecule has 1 rings (SSSR count). The summed E-state index contributed by atoms with van der Waals surface area (Å²) >= 11 is 0. The first-order chi connectivity index (χ1) is 7.72. The van der Waals surface area contributed by atoms with Crippen LogP contribution in [0, 0.1) is 5.92 Å². The Morgan fingerprint density at radius 2 is 2.06 bits per heavy atom. The van der Waals surface area contributed by atoms with E-state index in [4.69, 9.17) is 4.74 Å². The molecule has 0 unspecified atom stereocenters. The van der Waals surface area contributed by atoms with Crippen LogP contribution >= 0.6 is 0 Å². The monoisotopic (exact) mass is 226 g/mol. The molecular formula is C10H18N4O2. The lowest BCUT2D eigenvalue weighted by Gasteiger charge is -2.12. The van der Waals surface area contributed by atoms with Gasteiger partial charge in [-0.1, -0.05) is 26.7 Å². The Kier molecular flexibility index (Phi) is 4.88. The third-order valence-corrected chi connectivity index (χ3v) is 2.58. The fraction of sp³-hybridized carbons (Fsp3) is 0.800. The lowest BCUT2D eigenvalue weighted by atomic mass is 10.0. The van der Waals surface area contributed by atoms with Gasteiger partial charge in [-0.2, -0.15) is 0 Å². The summed E-state index contributed by atoms with van der Waals surface area (Å²) in [6.45, 7) is 6.98. The molecule has 0 N–H and O–H groups in total. The van der Waals surface area contributed by atoms with Gasteiger partial charge >= 0.3 is 5.97 Å². The summed E-state index contributed by atoms with van der Waals surface area (Å²) in [6, 6.07) is 0. The first kappa shape index (κ1) is 12.6. The van der Waals surface area contributed by atoms with Crippen LogP contribution in [0.15, 0.2) is 0 Å². The van der Waals surface area contributed by atoms with Crippen LogP contribution in [0.1, 0.15) is 44.2 Å². The molecule has 0 aliphatic rings. The summed E-state index contributed by atoms with van der Waals surface area (Å²) in [5, 5.41) is 11.0. The topological polar surface area (TPSA) is 69.9 Å². The number of hydrogen-bond donors (Lipinski definition) is 0. The van der Waals surface area contributed by atoms with Crippen LogP contribution in [0.4, 0.5) is 0 Å². The summed E-state index contributed by atoms with van der Waals surface area (Å²) in [5.41, 5.74) is 0. The van der Waals surface area contributed by atoms with E-state index in [0.29, 0.717) is 19.1 Å². The lowest BCUT2D eigenvalue weighted by molar-refractivity contribution is 0.0502. The average Bonchev–Trinajstić information content (AvgIpc) is 2.74. The Bertz CT molecular complexity index is 333. The van der Waals surface area contributed by atoms with Gasteiger partial charge in [-0.15, -0.1) is 5.10 Å². The Labute approximate surface area is 95.0 Å². The highest BCUT2D eigenvalue weighted by atomic mass is 16.5. The van der Waals surface area contributed by atoms with Crippen LogP contribution in [0.2, 0.25) is 0 Å². The van der Waals surface area contributed by atoms with Gasteiger partial charge in [0.15, 0.2) is 0 Å². The van der Waals surface area contributed by atoms with Crippen molar-refractivity contribution in [1.82, 2.24) is 20.2 Å². The first-order valence-electron chi connectivity index (χ1n) is 5.66. The maximum Gasteiger partial charge on any atom is 0.378 e. The number of nitrogens with zero attached hydrogens (tertiary/aromatic N) is 4. The number of carbonyl (C=O) groups is 1. The van der Waals surface area contributed by atoms with Crippen molar-refractivity contribution < 1.29 is 9.53 Å². The molecule has 1 aromatic rings. The van der Waals surface area contributed by atoms with Gasteiger partial charge in [0.1, 0.15) is 0 Å². The van der Waals surface area contributed by atoms with E-state index in [1.54, 1.807) is 6.92 Å². The van der Waals surface area contributed by atoms with Gasteiger partial charge in [-0.05, 0) is 23.3 Å². The van der Waals surface area contributed by atoms with Gasteiger partial charge in [0.05, 0.1) is 6.61 Å². The van der Waals surface area contributed by atoms with Gasteiger partial charge in [-0.25, -0.2) is 9.48 Å². The molecule has 0 amide bonds. The maximum atomic E-state index is 11.5. The van der Waals surface area contributed by atoms with Gasteiger partial charge in [-0.3, -0.25) is 0 Å². The molecule has 0 aliphatic heterocycles. The minimum atomic E-state index is -0.460. The summed E-state index contributed by atoms with van der Waals surface area (Å²) in [7, 11) is 0. The second-order valence-corrected chi connectivity index (χ2v) is 3.59. The second-order valence-electron chi connectivity index (χ2n) is 3.59. The molecule has 0 spiro atoms. The van der Waals surface area contributed by atoms with Crippen LogP contribution in [0.25, 0.3) is 0 Å². The third-order valence-electron chi connectivity index (χ3n) is 2.58. The van der Waals surface area contributed by atoms with Crippen LogP contribution in [0.5, 0.6) is 0 Å². The number of ether oxygens (including phenoxy) is 1. The lowest BCUT2D eigenvalue weighted by Crippen LogP contribution is -2.18. The smallest absolute Gasteiger partial charge is 0.378 e. The van der Waals surface area contributed by atoms with E-state index in [1.807, 2.05) is 0 Å². The fourth-order valence-electron chi connectivity index (χ4n) is 1.46. The normalized spacial score (nSPS) is 10.8. The van der Waals surface area contributed by atoms with E-state index >= 15 is 0 Å². The zero-order valence-electron chi connectivity index (χ0n) is 10.0. The van der Waals surface area contributed by atoms with Crippen molar-refractivity contribution in [3.8, 4) is 0 Å². The quantitative estimate of drug-likeness (QED) is 0.683. The molecule has 0 atom stereocenters. The molecule has 0 aliphatic carbocycles. The van der Waals surface area contributed by atoms with Crippen molar-refractivity contribution in [1.29, 1.82) is 0 Å². The summed E-state index contributed by atoms with van der Waals surface area (Å²) in [6.07, 6.45) is 2.08. The SMILES string of the molecule is CCOC(=O)c1nnnn1CC(CC)CC. The zero-order chi connectivity index (χ0) is 12.0. The van der Waals surface area contributed by atoms with Crippen LogP contribution in [-0.2, 0) is 11.3 Å². The number of rotatable bonds is 6. The van der Waals surface area contributed by atoms with E-state index in [0.717, 1.165) is 12.8 Å². The minimum absolute atomic E-state index is 0.189. The van der Waals surface area contributed by atoms with E-state index < -0.39 is 5.97 Å². The molecule has 1 heterocycles. The standard InChI is InChI=1S/C10H18N4O2/c1-4-8(5-2)7-14-9(11-12-13-14)10(15)16-6-3/h8H,4-7H2,1-3H3. The van der Waals surface area contributed by atoms with Crippen LogP contribution in [0.3, 0.4) is 0 Å². The van der Waals surface area contributed by atoms with Gasteiger partial charge in [0, 0.05) is 6.54 Å². The zero-order valence-corrected chi connectivity index (χ0v) is 10.0. The van der Waals surface area contributed by atoms with Crippen molar-refractivity contribution in [2.75, 3.05) is 6.61 Å². The van der Waals surface area contributed by atoms with Crippen LogP contribution < -0.4 is 0 Å². The van der Waals surface area contributed by atoms with Crippen molar-refractivity contribution in [3.05, 3.63) is 5.82 Å². The predicted octanol–water partition coefficient (Wildman–Crippen LogP) is 1.29. The first-order valence-corrected chi connectivity index (χ1v) is 5.66. The van der Waals surface area contributed by atoms with E-state index in [2.05, 4.69) is 29.4 Å². The largest absolute Gasteiger partial charge is 0.460 e. The maximum absolute atomic E-state index is 11.5. The van der Waals surface area contributed by atoms with Crippen LogP contribution in [-0.4, -0.2) is 32.8 Å². The van der Waals surface area contributed by atoms with Crippen molar-refractivity contribution in [2.24, 2.45) is 5.92 Å². The van der Waals surface area contributed by atoms with Gasteiger partial charge < -0.3 is 4.74 Å².